The fourth-order valence-electron chi connectivity index (χ4n) is 2.04. The number of rotatable bonds is 4. The van der Waals surface area contributed by atoms with Gasteiger partial charge in [-0.2, -0.15) is 0 Å². The van der Waals surface area contributed by atoms with Crippen molar-refractivity contribution in [1.29, 1.82) is 0 Å². The van der Waals surface area contributed by atoms with Gasteiger partial charge in [0.1, 0.15) is 5.02 Å². The molecule has 1 fully saturated rings. The van der Waals surface area contributed by atoms with Gasteiger partial charge in [-0.25, -0.2) is 18.2 Å². The van der Waals surface area contributed by atoms with E-state index in [1.165, 1.54) is 0 Å². The Labute approximate surface area is 152 Å². The van der Waals surface area contributed by atoms with Crippen LogP contribution in [0.1, 0.15) is 16.9 Å². The number of amides is 1. The molecule has 0 aromatic carbocycles. The van der Waals surface area contributed by atoms with Gasteiger partial charge in [0.2, 0.25) is 0 Å². The number of nitrogens with two attached hydrogens (primary N) is 1. The summed E-state index contributed by atoms with van der Waals surface area (Å²) in [6.07, 6.45) is 0.318. The predicted molar refractivity (Wildman–Crippen MR) is 89.2 cm³/mol. The van der Waals surface area contributed by atoms with E-state index in [2.05, 4.69) is 10.3 Å². The van der Waals surface area contributed by atoms with Crippen LogP contribution in [0.25, 0.3) is 0 Å². The highest BCUT2D eigenvalue weighted by atomic mass is 35.5. The Hall–Kier alpha value is -1.29. The second-order valence-electron chi connectivity index (χ2n) is 5.04. The molecule has 0 bridgehead atoms. The molecule has 2 rings (SSSR count). The van der Waals surface area contributed by atoms with Crippen molar-refractivity contribution in [2.75, 3.05) is 23.8 Å². The van der Waals surface area contributed by atoms with Gasteiger partial charge in [-0.05, 0) is 6.42 Å². The number of carbonyl (C=O) groups excluding carboxylic acids is 2. The minimum Gasteiger partial charge on any atom is -0.451 e. The van der Waals surface area contributed by atoms with Gasteiger partial charge in [0.25, 0.3) is 5.91 Å². The lowest BCUT2D eigenvalue weighted by Gasteiger charge is -2.12. The maximum atomic E-state index is 11.9. The van der Waals surface area contributed by atoms with E-state index >= 15 is 0 Å². The number of esters is 1. The molecule has 8 nitrogen and oxygen atoms in total. The van der Waals surface area contributed by atoms with Crippen LogP contribution in [0.3, 0.4) is 0 Å². The third kappa shape index (κ3) is 4.41. The summed E-state index contributed by atoms with van der Waals surface area (Å²) in [6, 6.07) is -0.497. The SMILES string of the molecule is Nc1c(Cl)c(Cl)nc(C(=O)OCC(=O)NC2CCS(=O)(=O)C2)c1Cl. The van der Waals surface area contributed by atoms with E-state index in [0.717, 1.165) is 0 Å². The van der Waals surface area contributed by atoms with Crippen molar-refractivity contribution in [2.45, 2.75) is 12.5 Å². The van der Waals surface area contributed by atoms with Crippen LogP contribution in [0.15, 0.2) is 0 Å². The first kappa shape index (κ1) is 19.0. The Bertz CT molecular complexity index is 800. The summed E-state index contributed by atoms with van der Waals surface area (Å²) in [5.74, 6) is -1.78. The number of nitrogen functional groups attached to an aromatic ring is 1. The molecule has 24 heavy (non-hydrogen) atoms. The first-order valence-corrected chi connectivity index (χ1v) is 9.53. The molecule has 1 atom stereocenters. The van der Waals surface area contributed by atoms with Crippen molar-refractivity contribution in [3.63, 3.8) is 0 Å². The van der Waals surface area contributed by atoms with E-state index in [-0.39, 0.29) is 38.1 Å². The van der Waals surface area contributed by atoms with E-state index in [9.17, 15) is 18.0 Å². The Morgan fingerprint density at radius 2 is 1.96 bits per heavy atom. The molecule has 1 amide bonds. The quantitative estimate of drug-likeness (QED) is 0.555. The zero-order valence-electron chi connectivity index (χ0n) is 12.0. The average Bonchev–Trinajstić information content (AvgIpc) is 2.85. The number of hydrogen-bond donors (Lipinski definition) is 2. The molecule has 1 unspecified atom stereocenters. The number of halogens is 3. The maximum absolute atomic E-state index is 11.9. The van der Waals surface area contributed by atoms with E-state index < -0.39 is 34.4 Å². The van der Waals surface area contributed by atoms with Gasteiger partial charge in [-0.15, -0.1) is 0 Å². The highest BCUT2D eigenvalue weighted by molar-refractivity contribution is 7.91. The second-order valence-corrected chi connectivity index (χ2v) is 8.38. The summed E-state index contributed by atoms with van der Waals surface area (Å²) in [5, 5.41) is 1.90. The van der Waals surface area contributed by atoms with Crippen LogP contribution >= 0.6 is 34.8 Å². The molecular formula is C12H12Cl3N3O5S. The van der Waals surface area contributed by atoms with Gasteiger partial charge in [-0.1, -0.05) is 34.8 Å². The van der Waals surface area contributed by atoms with Crippen LogP contribution in [0.5, 0.6) is 0 Å². The fraction of sp³-hybridized carbons (Fsp3) is 0.417. The van der Waals surface area contributed by atoms with Gasteiger partial charge in [0.15, 0.2) is 27.3 Å². The Kier molecular flexibility index (Phi) is 5.79. The molecule has 2 heterocycles. The lowest BCUT2D eigenvalue weighted by molar-refractivity contribution is -0.124. The monoisotopic (exact) mass is 415 g/mol. The lowest BCUT2D eigenvalue weighted by atomic mass is 10.2. The second kappa shape index (κ2) is 7.30. The summed E-state index contributed by atoms with van der Waals surface area (Å²) in [7, 11) is -3.13. The molecule has 1 aromatic heterocycles. The summed E-state index contributed by atoms with van der Waals surface area (Å²) in [6.45, 7) is -0.631. The van der Waals surface area contributed by atoms with Crippen LogP contribution in [-0.4, -0.2) is 49.4 Å². The number of anilines is 1. The number of ether oxygens (including phenoxy) is 1. The molecule has 0 spiro atoms. The standard InChI is InChI=1S/C12H12Cl3N3O5S/c13-7-9(16)8(14)11(15)18-10(7)12(20)23-3-6(19)17-5-1-2-24(21,22)4-5/h5H,1-4H2,(H2,16,18)(H,17,19). The number of carbonyl (C=O) groups is 2. The van der Waals surface area contributed by atoms with Crippen LogP contribution in [0.4, 0.5) is 5.69 Å². The molecule has 132 valence electrons. The number of nitrogens with zero attached hydrogens (tertiary/aromatic N) is 1. The normalized spacial score (nSPS) is 19.0. The van der Waals surface area contributed by atoms with Crippen molar-refractivity contribution in [2.24, 2.45) is 0 Å². The molecule has 0 radical (unpaired) electrons. The Morgan fingerprint density at radius 3 is 2.54 bits per heavy atom. The van der Waals surface area contributed by atoms with Crippen LogP contribution in [0, 0.1) is 0 Å². The van der Waals surface area contributed by atoms with Crippen molar-refractivity contribution >= 4 is 62.2 Å². The van der Waals surface area contributed by atoms with Gasteiger partial charge >= 0.3 is 5.97 Å². The number of nitrogens with one attached hydrogen (secondary N) is 1. The topological polar surface area (TPSA) is 128 Å². The minimum atomic E-state index is -3.13. The third-order valence-electron chi connectivity index (χ3n) is 3.20. The van der Waals surface area contributed by atoms with E-state index in [4.69, 9.17) is 45.3 Å². The Balaban J connectivity index is 1.95. The molecule has 1 saturated heterocycles. The largest absolute Gasteiger partial charge is 0.451 e. The minimum absolute atomic E-state index is 0.0137. The van der Waals surface area contributed by atoms with E-state index in [1.807, 2.05) is 0 Å². The zero-order chi connectivity index (χ0) is 18.1. The Morgan fingerprint density at radius 1 is 1.29 bits per heavy atom. The van der Waals surface area contributed by atoms with E-state index in [0.29, 0.717) is 6.42 Å². The molecule has 12 heteroatoms. The summed E-state index contributed by atoms with van der Waals surface area (Å²) in [4.78, 5) is 27.3. The highest BCUT2D eigenvalue weighted by Gasteiger charge is 2.29. The van der Waals surface area contributed by atoms with Gasteiger partial charge in [0, 0.05) is 6.04 Å². The van der Waals surface area contributed by atoms with E-state index in [1.54, 1.807) is 0 Å². The molecule has 1 aliphatic rings. The molecular weight excluding hydrogens is 405 g/mol. The number of aromatic nitrogens is 1. The highest BCUT2D eigenvalue weighted by Crippen LogP contribution is 2.34. The first-order chi connectivity index (χ1) is 11.1. The third-order valence-corrected chi connectivity index (χ3v) is 6.10. The van der Waals surface area contributed by atoms with Gasteiger partial charge < -0.3 is 15.8 Å². The van der Waals surface area contributed by atoms with Crippen molar-refractivity contribution in [1.82, 2.24) is 10.3 Å². The van der Waals surface area contributed by atoms with Crippen LogP contribution < -0.4 is 11.1 Å². The van der Waals surface area contributed by atoms with Gasteiger partial charge in [0.05, 0.1) is 22.2 Å². The van der Waals surface area contributed by atoms with Crippen LogP contribution in [-0.2, 0) is 19.4 Å². The van der Waals surface area contributed by atoms with Crippen molar-refractivity contribution < 1.29 is 22.7 Å². The molecule has 0 saturated carbocycles. The van der Waals surface area contributed by atoms with Crippen molar-refractivity contribution in [3.05, 3.63) is 20.9 Å². The first-order valence-electron chi connectivity index (χ1n) is 6.57. The number of hydrogen-bond acceptors (Lipinski definition) is 7. The number of sulfone groups is 1. The zero-order valence-corrected chi connectivity index (χ0v) is 15.1. The maximum Gasteiger partial charge on any atom is 0.359 e. The summed E-state index contributed by atoms with van der Waals surface area (Å²) < 4.78 is 27.4. The lowest BCUT2D eigenvalue weighted by Crippen LogP contribution is -2.38. The summed E-state index contributed by atoms with van der Waals surface area (Å²) in [5.41, 5.74) is 5.07. The fourth-order valence-corrected chi connectivity index (χ4v) is 4.30. The smallest absolute Gasteiger partial charge is 0.359 e. The average molecular weight is 417 g/mol. The van der Waals surface area contributed by atoms with Crippen LogP contribution in [0.2, 0.25) is 15.2 Å². The predicted octanol–water partition coefficient (Wildman–Crippen LogP) is 1.08. The molecule has 3 N–H and O–H groups in total. The molecule has 1 aliphatic heterocycles. The molecule has 1 aromatic rings. The van der Waals surface area contributed by atoms with Gasteiger partial charge in [-0.3, -0.25) is 4.79 Å². The van der Waals surface area contributed by atoms with Crippen molar-refractivity contribution in [3.8, 4) is 0 Å². The number of pyridine rings is 1. The molecule has 0 aliphatic carbocycles. The summed E-state index contributed by atoms with van der Waals surface area (Å²) >= 11 is 17.3.